The lowest BCUT2D eigenvalue weighted by Crippen LogP contribution is -1.97. The molecule has 0 bridgehead atoms. The number of nitrogens with zero attached hydrogens (tertiary/aromatic N) is 2. The summed E-state index contributed by atoms with van der Waals surface area (Å²) < 4.78 is 7.44. The maximum atomic E-state index is 9.34. The maximum Gasteiger partial charge on any atom is 0.223 e. The van der Waals surface area contributed by atoms with E-state index >= 15 is 0 Å². The molecule has 0 aliphatic carbocycles. The van der Waals surface area contributed by atoms with Crippen LogP contribution >= 0.6 is 0 Å². The Labute approximate surface area is 107 Å². The van der Waals surface area contributed by atoms with E-state index in [-0.39, 0.29) is 6.61 Å². The number of ether oxygens (including phenoxy) is 1. The van der Waals surface area contributed by atoms with Crippen molar-refractivity contribution in [1.29, 1.82) is 0 Å². The van der Waals surface area contributed by atoms with E-state index in [1.165, 1.54) is 5.56 Å². The molecule has 0 amide bonds. The summed E-state index contributed by atoms with van der Waals surface area (Å²) in [5.74, 6) is 1.35. The van der Waals surface area contributed by atoms with Crippen molar-refractivity contribution in [2.45, 2.75) is 26.9 Å². The van der Waals surface area contributed by atoms with Gasteiger partial charge in [0, 0.05) is 7.05 Å². The Morgan fingerprint density at radius 3 is 2.50 bits per heavy atom. The molecule has 2 aromatic rings. The molecular formula is C14H18N2O2. The predicted octanol–water partition coefficient (Wildman–Crippen LogP) is 2.58. The summed E-state index contributed by atoms with van der Waals surface area (Å²) >= 11 is 0. The van der Waals surface area contributed by atoms with Crippen molar-refractivity contribution in [3.05, 3.63) is 41.1 Å². The minimum absolute atomic E-state index is 0.0674. The molecular weight excluding hydrogens is 228 g/mol. The van der Waals surface area contributed by atoms with Gasteiger partial charge in [0.2, 0.25) is 5.88 Å². The fourth-order valence-electron chi connectivity index (χ4n) is 1.90. The zero-order chi connectivity index (χ0) is 13.1. The summed E-state index contributed by atoms with van der Waals surface area (Å²) in [7, 11) is 1.81. The van der Waals surface area contributed by atoms with E-state index in [9.17, 15) is 5.11 Å². The lowest BCUT2D eigenvalue weighted by molar-refractivity contribution is 0.274. The van der Waals surface area contributed by atoms with Crippen molar-refractivity contribution in [3.63, 3.8) is 0 Å². The molecule has 18 heavy (non-hydrogen) atoms. The SMILES string of the molecule is CCc1ccc(Oc2c(CO)c(C)nn2C)cc1. The van der Waals surface area contributed by atoms with Crippen LogP contribution in [0.5, 0.6) is 11.6 Å². The molecule has 4 heteroatoms. The largest absolute Gasteiger partial charge is 0.439 e. The van der Waals surface area contributed by atoms with E-state index in [1.54, 1.807) is 4.68 Å². The highest BCUT2D eigenvalue weighted by atomic mass is 16.5. The standard InChI is InChI=1S/C14H18N2O2/c1-4-11-5-7-12(8-6-11)18-14-13(9-17)10(2)15-16(14)3/h5-8,17H,4,9H2,1-3H3. The van der Waals surface area contributed by atoms with Crippen LogP contribution in [0.2, 0.25) is 0 Å². The number of aryl methyl sites for hydroxylation is 3. The van der Waals surface area contributed by atoms with Crippen LogP contribution in [-0.2, 0) is 20.1 Å². The first-order valence-corrected chi connectivity index (χ1v) is 6.05. The summed E-state index contributed by atoms with van der Waals surface area (Å²) in [5, 5.41) is 13.6. The zero-order valence-electron chi connectivity index (χ0n) is 11.0. The van der Waals surface area contributed by atoms with Gasteiger partial charge in [0.15, 0.2) is 0 Å². The molecule has 0 aliphatic rings. The molecule has 0 radical (unpaired) electrons. The van der Waals surface area contributed by atoms with Crippen molar-refractivity contribution in [1.82, 2.24) is 9.78 Å². The van der Waals surface area contributed by atoms with E-state index in [2.05, 4.69) is 12.0 Å². The molecule has 0 aliphatic heterocycles. The third kappa shape index (κ3) is 2.38. The lowest BCUT2D eigenvalue weighted by atomic mass is 10.2. The molecule has 0 unspecified atom stereocenters. The molecule has 0 spiro atoms. The van der Waals surface area contributed by atoms with Gasteiger partial charge in [-0.2, -0.15) is 5.10 Å². The fourth-order valence-corrected chi connectivity index (χ4v) is 1.90. The number of aromatic nitrogens is 2. The second kappa shape index (κ2) is 5.23. The van der Waals surface area contributed by atoms with E-state index in [4.69, 9.17) is 4.74 Å². The van der Waals surface area contributed by atoms with E-state index in [1.807, 2.05) is 38.2 Å². The van der Waals surface area contributed by atoms with Crippen LogP contribution in [0.1, 0.15) is 23.7 Å². The fraction of sp³-hybridized carbons (Fsp3) is 0.357. The van der Waals surface area contributed by atoms with Crippen molar-refractivity contribution in [3.8, 4) is 11.6 Å². The summed E-state index contributed by atoms with van der Waals surface area (Å²) in [5.41, 5.74) is 2.79. The average Bonchev–Trinajstić information content (AvgIpc) is 2.64. The Hall–Kier alpha value is -1.81. The highest BCUT2D eigenvalue weighted by molar-refractivity contribution is 5.36. The topological polar surface area (TPSA) is 47.3 Å². The van der Waals surface area contributed by atoms with Gasteiger partial charge in [0.25, 0.3) is 0 Å². The Morgan fingerprint density at radius 1 is 1.28 bits per heavy atom. The van der Waals surface area contributed by atoms with Gasteiger partial charge in [-0.05, 0) is 31.0 Å². The van der Waals surface area contributed by atoms with E-state index in [0.717, 1.165) is 23.4 Å². The quantitative estimate of drug-likeness (QED) is 0.902. The van der Waals surface area contributed by atoms with Gasteiger partial charge >= 0.3 is 0 Å². The number of hydrogen-bond acceptors (Lipinski definition) is 3. The monoisotopic (exact) mass is 246 g/mol. The first-order valence-electron chi connectivity index (χ1n) is 6.05. The van der Waals surface area contributed by atoms with Crippen molar-refractivity contribution >= 4 is 0 Å². The van der Waals surface area contributed by atoms with Gasteiger partial charge in [-0.15, -0.1) is 0 Å². The van der Waals surface area contributed by atoms with Crippen molar-refractivity contribution < 1.29 is 9.84 Å². The Morgan fingerprint density at radius 2 is 1.94 bits per heavy atom. The molecule has 0 atom stereocenters. The number of hydrogen-bond donors (Lipinski definition) is 1. The normalized spacial score (nSPS) is 10.7. The molecule has 0 saturated heterocycles. The van der Waals surface area contributed by atoms with Crippen LogP contribution in [-0.4, -0.2) is 14.9 Å². The lowest BCUT2D eigenvalue weighted by Gasteiger charge is -2.08. The Kier molecular flexibility index (Phi) is 3.67. The average molecular weight is 246 g/mol. The molecule has 1 N–H and O–H groups in total. The molecule has 0 fully saturated rings. The van der Waals surface area contributed by atoms with Crippen molar-refractivity contribution in [2.75, 3.05) is 0 Å². The van der Waals surface area contributed by atoms with Crippen LogP contribution < -0.4 is 4.74 Å². The highest BCUT2D eigenvalue weighted by Gasteiger charge is 2.14. The number of benzene rings is 1. The molecule has 4 nitrogen and oxygen atoms in total. The first-order chi connectivity index (χ1) is 8.65. The van der Waals surface area contributed by atoms with Gasteiger partial charge in [-0.3, -0.25) is 0 Å². The van der Waals surface area contributed by atoms with Gasteiger partial charge in [-0.25, -0.2) is 4.68 Å². The van der Waals surface area contributed by atoms with Crippen LogP contribution in [0.4, 0.5) is 0 Å². The molecule has 96 valence electrons. The second-order valence-corrected chi connectivity index (χ2v) is 4.25. The van der Waals surface area contributed by atoms with Crippen LogP contribution in [0.25, 0.3) is 0 Å². The molecule has 1 heterocycles. The first kappa shape index (κ1) is 12.6. The van der Waals surface area contributed by atoms with Gasteiger partial charge < -0.3 is 9.84 Å². The van der Waals surface area contributed by atoms with Crippen LogP contribution in [0.3, 0.4) is 0 Å². The molecule has 0 saturated carbocycles. The zero-order valence-corrected chi connectivity index (χ0v) is 11.0. The van der Waals surface area contributed by atoms with Gasteiger partial charge in [0.1, 0.15) is 5.75 Å². The molecule has 2 rings (SSSR count). The van der Waals surface area contributed by atoms with Gasteiger partial charge in [0.05, 0.1) is 17.9 Å². The summed E-state index contributed by atoms with van der Waals surface area (Å²) in [6.07, 6.45) is 1.01. The van der Waals surface area contributed by atoms with E-state index in [0.29, 0.717) is 5.88 Å². The van der Waals surface area contributed by atoms with Gasteiger partial charge in [-0.1, -0.05) is 19.1 Å². The summed E-state index contributed by atoms with van der Waals surface area (Å²) in [6.45, 7) is 3.91. The smallest absolute Gasteiger partial charge is 0.223 e. The molecule has 1 aromatic heterocycles. The Bertz CT molecular complexity index is 529. The predicted molar refractivity (Wildman–Crippen MR) is 69.8 cm³/mol. The number of rotatable bonds is 4. The summed E-state index contributed by atoms with van der Waals surface area (Å²) in [6, 6.07) is 7.94. The van der Waals surface area contributed by atoms with Crippen LogP contribution in [0.15, 0.2) is 24.3 Å². The highest BCUT2D eigenvalue weighted by Crippen LogP contribution is 2.27. The third-order valence-electron chi connectivity index (χ3n) is 2.99. The number of aliphatic hydroxyl groups excluding tert-OH is 1. The minimum atomic E-state index is -0.0674. The van der Waals surface area contributed by atoms with Crippen LogP contribution in [0, 0.1) is 6.92 Å². The Balaban J connectivity index is 2.27. The second-order valence-electron chi connectivity index (χ2n) is 4.25. The van der Waals surface area contributed by atoms with E-state index < -0.39 is 0 Å². The van der Waals surface area contributed by atoms with Crippen molar-refractivity contribution in [2.24, 2.45) is 7.05 Å². The third-order valence-corrected chi connectivity index (χ3v) is 2.99. The maximum absolute atomic E-state index is 9.34. The number of aliphatic hydroxyl groups is 1. The summed E-state index contributed by atoms with van der Waals surface area (Å²) in [4.78, 5) is 0. The minimum Gasteiger partial charge on any atom is -0.439 e. The molecule has 1 aromatic carbocycles.